The predicted octanol–water partition coefficient (Wildman–Crippen LogP) is 1.32. The third kappa shape index (κ3) is 3.98. The van der Waals surface area contributed by atoms with E-state index >= 15 is 0 Å². The van der Waals surface area contributed by atoms with Gasteiger partial charge in [0.25, 0.3) is 0 Å². The Hall–Kier alpha value is -0.560. The van der Waals surface area contributed by atoms with Gasteiger partial charge in [0.15, 0.2) is 0 Å². The first-order valence-corrected chi connectivity index (χ1v) is 8.69. The second-order valence-corrected chi connectivity index (χ2v) is 7.20. The Morgan fingerprint density at radius 2 is 2.28 bits per heavy atom. The molecule has 1 aliphatic rings. The zero-order valence-electron chi connectivity index (χ0n) is 10.1. The van der Waals surface area contributed by atoms with Gasteiger partial charge in [-0.2, -0.15) is 11.8 Å². The van der Waals surface area contributed by atoms with Crippen molar-refractivity contribution in [3.63, 3.8) is 0 Å². The van der Waals surface area contributed by atoms with Crippen LogP contribution in [0, 0.1) is 0 Å². The van der Waals surface area contributed by atoms with E-state index in [4.69, 9.17) is 5.14 Å². The lowest BCUT2D eigenvalue weighted by Gasteiger charge is -2.22. The molecular weight excluding hydrogens is 268 g/mol. The van der Waals surface area contributed by atoms with Gasteiger partial charge >= 0.3 is 0 Å². The van der Waals surface area contributed by atoms with Crippen molar-refractivity contribution in [2.45, 2.75) is 30.3 Å². The fourth-order valence-corrected chi connectivity index (χ4v) is 3.69. The molecule has 1 heterocycles. The van der Waals surface area contributed by atoms with Crippen LogP contribution < -0.4 is 10.5 Å². The number of sulfonamides is 1. The zero-order valence-corrected chi connectivity index (χ0v) is 11.8. The van der Waals surface area contributed by atoms with Crippen molar-refractivity contribution < 1.29 is 8.42 Å². The van der Waals surface area contributed by atoms with Gasteiger partial charge in [-0.3, -0.25) is 0 Å². The smallest absolute Gasteiger partial charge is 0.238 e. The summed E-state index contributed by atoms with van der Waals surface area (Å²) in [6.45, 7) is 0.689. The minimum Gasteiger partial charge on any atom is -0.309 e. The van der Waals surface area contributed by atoms with E-state index in [0.29, 0.717) is 12.6 Å². The summed E-state index contributed by atoms with van der Waals surface area (Å²) in [4.78, 5) is 0.180. The number of nitrogens with two attached hydrogens (primary N) is 1. The van der Waals surface area contributed by atoms with Crippen molar-refractivity contribution in [3.8, 4) is 0 Å². The molecule has 0 spiro atoms. The largest absolute Gasteiger partial charge is 0.309 e. The van der Waals surface area contributed by atoms with Crippen molar-refractivity contribution in [1.82, 2.24) is 5.32 Å². The number of primary sulfonamides is 1. The number of hydrogen-bond acceptors (Lipinski definition) is 4. The van der Waals surface area contributed by atoms with E-state index in [2.05, 4.69) is 5.32 Å². The zero-order chi connectivity index (χ0) is 13.0. The van der Waals surface area contributed by atoms with Crippen LogP contribution in [0.5, 0.6) is 0 Å². The van der Waals surface area contributed by atoms with Crippen LogP contribution in [0.1, 0.15) is 18.4 Å². The highest BCUT2D eigenvalue weighted by molar-refractivity contribution is 7.99. The second-order valence-electron chi connectivity index (χ2n) is 4.49. The van der Waals surface area contributed by atoms with E-state index in [1.54, 1.807) is 12.1 Å². The highest BCUT2D eigenvalue weighted by atomic mass is 32.2. The SMILES string of the molecule is NS(=O)(=O)c1cccc(CNC2CCCSC2)c1. The topological polar surface area (TPSA) is 72.2 Å². The highest BCUT2D eigenvalue weighted by Gasteiger charge is 2.13. The molecule has 4 nitrogen and oxygen atoms in total. The van der Waals surface area contributed by atoms with Gasteiger partial charge in [0.2, 0.25) is 10.0 Å². The molecule has 0 radical (unpaired) electrons. The molecule has 3 N–H and O–H groups in total. The minimum atomic E-state index is -3.60. The summed E-state index contributed by atoms with van der Waals surface area (Å²) in [5.41, 5.74) is 0.956. The maximum Gasteiger partial charge on any atom is 0.238 e. The predicted molar refractivity (Wildman–Crippen MR) is 75.0 cm³/mol. The molecule has 0 aliphatic carbocycles. The molecule has 18 heavy (non-hydrogen) atoms. The first-order chi connectivity index (χ1) is 8.55. The van der Waals surface area contributed by atoms with Gasteiger partial charge in [-0.25, -0.2) is 13.6 Å². The normalized spacial score (nSPS) is 20.8. The third-order valence-corrected chi connectivity index (χ3v) is 5.11. The van der Waals surface area contributed by atoms with E-state index in [1.807, 2.05) is 17.8 Å². The molecule has 0 amide bonds. The van der Waals surface area contributed by atoms with Crippen LogP contribution in [-0.4, -0.2) is 26.0 Å². The van der Waals surface area contributed by atoms with Crippen molar-refractivity contribution in [1.29, 1.82) is 0 Å². The quantitative estimate of drug-likeness (QED) is 0.875. The van der Waals surface area contributed by atoms with Crippen molar-refractivity contribution in [3.05, 3.63) is 29.8 Å². The van der Waals surface area contributed by atoms with Crippen LogP contribution >= 0.6 is 11.8 Å². The molecule has 1 aromatic rings. The first-order valence-electron chi connectivity index (χ1n) is 5.98. The Balaban J connectivity index is 1.97. The number of benzene rings is 1. The van der Waals surface area contributed by atoms with Crippen LogP contribution in [0.2, 0.25) is 0 Å². The summed E-state index contributed by atoms with van der Waals surface area (Å²) < 4.78 is 22.5. The molecule has 0 saturated carbocycles. The minimum absolute atomic E-state index is 0.180. The summed E-state index contributed by atoms with van der Waals surface area (Å²) in [5.74, 6) is 2.38. The van der Waals surface area contributed by atoms with Crippen LogP contribution in [0.4, 0.5) is 0 Å². The van der Waals surface area contributed by atoms with E-state index in [0.717, 1.165) is 11.3 Å². The van der Waals surface area contributed by atoms with E-state index in [-0.39, 0.29) is 4.90 Å². The number of rotatable bonds is 4. The average Bonchev–Trinajstić information content (AvgIpc) is 2.37. The lowest BCUT2D eigenvalue weighted by Crippen LogP contribution is -2.33. The van der Waals surface area contributed by atoms with E-state index in [1.165, 1.54) is 24.7 Å². The molecule has 1 atom stereocenters. The molecule has 6 heteroatoms. The van der Waals surface area contributed by atoms with Gasteiger partial charge in [-0.1, -0.05) is 12.1 Å². The molecule has 1 aromatic carbocycles. The monoisotopic (exact) mass is 286 g/mol. The van der Waals surface area contributed by atoms with Crippen LogP contribution in [0.3, 0.4) is 0 Å². The summed E-state index contributed by atoms with van der Waals surface area (Å²) in [5, 5.41) is 8.57. The first kappa shape index (κ1) is 13.9. The van der Waals surface area contributed by atoms with E-state index in [9.17, 15) is 8.42 Å². The van der Waals surface area contributed by atoms with Gasteiger partial charge in [0.05, 0.1) is 4.90 Å². The maximum absolute atomic E-state index is 11.2. The summed E-state index contributed by atoms with van der Waals surface area (Å²) in [6.07, 6.45) is 2.45. The van der Waals surface area contributed by atoms with Crippen molar-refractivity contribution >= 4 is 21.8 Å². The number of nitrogens with one attached hydrogen (secondary N) is 1. The lowest BCUT2D eigenvalue weighted by atomic mass is 10.1. The Bertz CT molecular complexity index is 497. The lowest BCUT2D eigenvalue weighted by molar-refractivity contribution is 0.507. The molecule has 1 saturated heterocycles. The number of thioether (sulfide) groups is 1. The van der Waals surface area contributed by atoms with Gasteiger partial charge in [0.1, 0.15) is 0 Å². The van der Waals surface area contributed by atoms with Crippen molar-refractivity contribution in [2.24, 2.45) is 5.14 Å². The summed E-state index contributed by atoms with van der Waals surface area (Å²) in [6, 6.07) is 7.33. The molecule has 1 unspecified atom stereocenters. The Morgan fingerprint density at radius 1 is 1.44 bits per heavy atom. The molecule has 2 rings (SSSR count). The van der Waals surface area contributed by atoms with Crippen LogP contribution in [0.25, 0.3) is 0 Å². The molecule has 0 bridgehead atoms. The highest BCUT2D eigenvalue weighted by Crippen LogP contribution is 2.17. The van der Waals surface area contributed by atoms with E-state index < -0.39 is 10.0 Å². The molecular formula is C12H18N2O2S2. The van der Waals surface area contributed by atoms with Crippen LogP contribution in [0.15, 0.2) is 29.2 Å². The summed E-state index contributed by atoms with van der Waals surface area (Å²) >= 11 is 1.97. The van der Waals surface area contributed by atoms with Gasteiger partial charge in [-0.05, 0) is 36.3 Å². The molecule has 1 aliphatic heterocycles. The third-order valence-electron chi connectivity index (χ3n) is 2.98. The maximum atomic E-state index is 11.2. The fourth-order valence-electron chi connectivity index (χ4n) is 2.00. The molecule has 0 aromatic heterocycles. The standard InChI is InChI=1S/C12H18N2O2S2/c13-18(15,16)12-5-1-3-10(7-12)8-14-11-4-2-6-17-9-11/h1,3,5,7,11,14H,2,4,6,8-9H2,(H2,13,15,16). The van der Waals surface area contributed by atoms with Crippen molar-refractivity contribution in [2.75, 3.05) is 11.5 Å². The Kier molecular flexibility index (Phi) is 4.66. The Morgan fingerprint density at radius 3 is 2.94 bits per heavy atom. The molecule has 1 fully saturated rings. The summed E-state index contributed by atoms with van der Waals surface area (Å²) in [7, 11) is -3.60. The Labute approximate surface area is 112 Å². The van der Waals surface area contributed by atoms with Gasteiger partial charge < -0.3 is 5.32 Å². The van der Waals surface area contributed by atoms with Gasteiger partial charge in [0, 0.05) is 18.3 Å². The average molecular weight is 286 g/mol. The fraction of sp³-hybridized carbons (Fsp3) is 0.500. The van der Waals surface area contributed by atoms with Crippen LogP contribution in [-0.2, 0) is 16.6 Å². The molecule has 100 valence electrons. The second kappa shape index (κ2) is 6.06. The number of hydrogen-bond donors (Lipinski definition) is 2. The van der Waals surface area contributed by atoms with Gasteiger partial charge in [-0.15, -0.1) is 0 Å².